The lowest BCUT2D eigenvalue weighted by molar-refractivity contribution is -0.138. The van der Waals surface area contributed by atoms with Crippen LogP contribution in [-0.2, 0) is 16.0 Å². The van der Waals surface area contributed by atoms with E-state index >= 15 is 0 Å². The molecule has 4 N–H and O–H groups in total. The SMILES string of the molecule is CC(C)C(CC(=O)O)NC(=O)CCc1ccc(N)cc1. The predicted octanol–water partition coefficient (Wildman–Crippen LogP) is 1.82. The van der Waals surface area contributed by atoms with Crippen molar-refractivity contribution in [2.45, 2.75) is 39.2 Å². The van der Waals surface area contributed by atoms with Crippen LogP contribution >= 0.6 is 0 Å². The van der Waals surface area contributed by atoms with Crippen molar-refractivity contribution in [2.24, 2.45) is 5.92 Å². The molecule has 5 heteroatoms. The fraction of sp³-hybridized carbons (Fsp3) is 0.467. The number of benzene rings is 1. The third kappa shape index (κ3) is 5.73. The number of nitrogen functional groups attached to an aromatic ring is 1. The molecule has 1 aromatic rings. The molecule has 1 aromatic carbocycles. The zero-order valence-electron chi connectivity index (χ0n) is 11.9. The summed E-state index contributed by atoms with van der Waals surface area (Å²) in [4.78, 5) is 22.6. The molecule has 20 heavy (non-hydrogen) atoms. The normalized spacial score (nSPS) is 12.2. The maximum atomic E-state index is 11.9. The summed E-state index contributed by atoms with van der Waals surface area (Å²) in [5.74, 6) is -0.934. The van der Waals surface area contributed by atoms with Crippen molar-refractivity contribution in [2.75, 3.05) is 5.73 Å². The number of amides is 1. The number of hydrogen-bond acceptors (Lipinski definition) is 3. The molecule has 0 spiro atoms. The lowest BCUT2D eigenvalue weighted by Crippen LogP contribution is -2.40. The van der Waals surface area contributed by atoms with Crippen LogP contribution in [0.2, 0.25) is 0 Å². The van der Waals surface area contributed by atoms with Crippen LogP contribution in [0.15, 0.2) is 24.3 Å². The Hall–Kier alpha value is -2.04. The van der Waals surface area contributed by atoms with Gasteiger partial charge in [-0.1, -0.05) is 26.0 Å². The molecular weight excluding hydrogens is 256 g/mol. The number of carboxylic acid groups (broad SMARTS) is 1. The fourth-order valence-electron chi connectivity index (χ4n) is 1.86. The highest BCUT2D eigenvalue weighted by Crippen LogP contribution is 2.09. The van der Waals surface area contributed by atoms with Gasteiger partial charge in [0.15, 0.2) is 0 Å². The van der Waals surface area contributed by atoms with Crippen molar-refractivity contribution in [1.29, 1.82) is 0 Å². The van der Waals surface area contributed by atoms with E-state index in [-0.39, 0.29) is 24.3 Å². The molecule has 0 aliphatic carbocycles. The summed E-state index contributed by atoms with van der Waals surface area (Å²) in [7, 11) is 0. The number of aryl methyl sites for hydroxylation is 1. The minimum atomic E-state index is -0.900. The van der Waals surface area contributed by atoms with Gasteiger partial charge in [-0.25, -0.2) is 0 Å². The molecule has 5 nitrogen and oxygen atoms in total. The number of carbonyl (C=O) groups excluding carboxylic acids is 1. The molecule has 0 aromatic heterocycles. The molecule has 0 aliphatic heterocycles. The second kappa shape index (κ2) is 7.53. The third-order valence-electron chi connectivity index (χ3n) is 3.17. The van der Waals surface area contributed by atoms with Crippen molar-refractivity contribution < 1.29 is 14.7 Å². The number of hydrogen-bond donors (Lipinski definition) is 3. The Bertz CT molecular complexity index is 455. The number of aliphatic carboxylic acids is 1. The van der Waals surface area contributed by atoms with E-state index in [4.69, 9.17) is 10.8 Å². The van der Waals surface area contributed by atoms with Gasteiger partial charge in [0, 0.05) is 18.2 Å². The van der Waals surface area contributed by atoms with Gasteiger partial charge in [-0.05, 0) is 30.0 Å². The summed E-state index contributed by atoms with van der Waals surface area (Å²) in [5, 5.41) is 11.6. The molecule has 1 rings (SSSR count). The van der Waals surface area contributed by atoms with Crippen LogP contribution in [0.3, 0.4) is 0 Å². The predicted molar refractivity (Wildman–Crippen MR) is 78.2 cm³/mol. The Kier molecular flexibility index (Phi) is 6.03. The highest BCUT2D eigenvalue weighted by atomic mass is 16.4. The quantitative estimate of drug-likeness (QED) is 0.663. The van der Waals surface area contributed by atoms with Gasteiger partial charge in [-0.2, -0.15) is 0 Å². The first-order valence-electron chi connectivity index (χ1n) is 6.74. The summed E-state index contributed by atoms with van der Waals surface area (Å²) < 4.78 is 0. The zero-order valence-corrected chi connectivity index (χ0v) is 11.9. The average molecular weight is 278 g/mol. The number of carbonyl (C=O) groups is 2. The Morgan fingerprint density at radius 1 is 1.25 bits per heavy atom. The molecule has 1 atom stereocenters. The number of nitrogens with two attached hydrogens (primary N) is 1. The van der Waals surface area contributed by atoms with Crippen LogP contribution in [-0.4, -0.2) is 23.0 Å². The van der Waals surface area contributed by atoms with Crippen molar-refractivity contribution in [3.05, 3.63) is 29.8 Å². The van der Waals surface area contributed by atoms with E-state index in [2.05, 4.69) is 5.32 Å². The van der Waals surface area contributed by atoms with Crippen LogP contribution in [0.4, 0.5) is 5.69 Å². The summed E-state index contributed by atoms with van der Waals surface area (Å²) in [6.45, 7) is 3.79. The van der Waals surface area contributed by atoms with Gasteiger partial charge in [0.05, 0.1) is 6.42 Å². The molecule has 0 fully saturated rings. The van der Waals surface area contributed by atoms with Gasteiger partial charge < -0.3 is 16.2 Å². The fourth-order valence-corrected chi connectivity index (χ4v) is 1.86. The van der Waals surface area contributed by atoms with Gasteiger partial charge in [-0.3, -0.25) is 9.59 Å². The van der Waals surface area contributed by atoms with E-state index in [0.29, 0.717) is 18.5 Å². The lowest BCUT2D eigenvalue weighted by Gasteiger charge is -2.20. The van der Waals surface area contributed by atoms with Crippen LogP contribution < -0.4 is 11.1 Å². The van der Waals surface area contributed by atoms with Gasteiger partial charge in [0.1, 0.15) is 0 Å². The van der Waals surface area contributed by atoms with Crippen LogP contribution in [0.5, 0.6) is 0 Å². The van der Waals surface area contributed by atoms with Crippen molar-refractivity contribution in [1.82, 2.24) is 5.32 Å². The summed E-state index contributed by atoms with van der Waals surface area (Å²) in [6.07, 6.45) is 0.905. The monoisotopic (exact) mass is 278 g/mol. The second-order valence-corrected chi connectivity index (χ2v) is 5.26. The molecule has 0 heterocycles. The topological polar surface area (TPSA) is 92.4 Å². The van der Waals surface area contributed by atoms with E-state index in [1.807, 2.05) is 26.0 Å². The first-order chi connectivity index (χ1) is 9.38. The van der Waals surface area contributed by atoms with Crippen molar-refractivity contribution in [3.63, 3.8) is 0 Å². The maximum absolute atomic E-state index is 11.9. The average Bonchev–Trinajstić information content (AvgIpc) is 2.36. The van der Waals surface area contributed by atoms with Crippen molar-refractivity contribution in [3.8, 4) is 0 Å². The van der Waals surface area contributed by atoms with Crippen LogP contribution in [0.1, 0.15) is 32.3 Å². The molecule has 0 saturated carbocycles. The zero-order chi connectivity index (χ0) is 15.1. The molecule has 0 radical (unpaired) electrons. The van der Waals surface area contributed by atoms with E-state index in [1.165, 1.54) is 0 Å². The Balaban J connectivity index is 2.45. The molecule has 1 amide bonds. The third-order valence-corrected chi connectivity index (χ3v) is 3.17. The van der Waals surface area contributed by atoms with E-state index < -0.39 is 5.97 Å². The number of anilines is 1. The number of rotatable bonds is 7. The summed E-state index contributed by atoms with van der Waals surface area (Å²) in [5.41, 5.74) is 7.32. The molecule has 0 aliphatic rings. The van der Waals surface area contributed by atoms with Crippen LogP contribution in [0, 0.1) is 5.92 Å². The Labute approximate surface area is 119 Å². The standard InChI is InChI=1S/C15H22N2O3/c1-10(2)13(9-15(19)20)17-14(18)8-5-11-3-6-12(16)7-4-11/h3-4,6-7,10,13H,5,8-9,16H2,1-2H3,(H,17,18)(H,19,20). The molecule has 0 saturated heterocycles. The van der Waals surface area contributed by atoms with Crippen molar-refractivity contribution >= 4 is 17.6 Å². The van der Waals surface area contributed by atoms with Gasteiger partial charge in [0.2, 0.25) is 5.91 Å². The molecule has 110 valence electrons. The summed E-state index contributed by atoms with van der Waals surface area (Å²) in [6, 6.07) is 7.05. The molecule has 0 bridgehead atoms. The second-order valence-electron chi connectivity index (χ2n) is 5.26. The van der Waals surface area contributed by atoms with E-state index in [1.54, 1.807) is 12.1 Å². The number of carboxylic acids is 1. The smallest absolute Gasteiger partial charge is 0.305 e. The molecular formula is C15H22N2O3. The van der Waals surface area contributed by atoms with Gasteiger partial charge >= 0.3 is 5.97 Å². The lowest BCUT2D eigenvalue weighted by atomic mass is 10.0. The first kappa shape index (κ1) is 16.0. The minimum absolute atomic E-state index is 0.0503. The summed E-state index contributed by atoms with van der Waals surface area (Å²) >= 11 is 0. The minimum Gasteiger partial charge on any atom is -0.481 e. The highest BCUT2D eigenvalue weighted by Gasteiger charge is 2.19. The van der Waals surface area contributed by atoms with E-state index in [9.17, 15) is 9.59 Å². The van der Waals surface area contributed by atoms with Gasteiger partial charge in [-0.15, -0.1) is 0 Å². The van der Waals surface area contributed by atoms with E-state index in [0.717, 1.165) is 5.56 Å². The van der Waals surface area contributed by atoms with Crippen LogP contribution in [0.25, 0.3) is 0 Å². The Morgan fingerprint density at radius 2 is 1.85 bits per heavy atom. The number of nitrogens with one attached hydrogen (secondary N) is 1. The molecule has 1 unspecified atom stereocenters. The first-order valence-corrected chi connectivity index (χ1v) is 6.74. The Morgan fingerprint density at radius 3 is 2.35 bits per heavy atom. The highest BCUT2D eigenvalue weighted by molar-refractivity contribution is 5.77. The largest absolute Gasteiger partial charge is 0.481 e. The maximum Gasteiger partial charge on any atom is 0.305 e. The van der Waals surface area contributed by atoms with Gasteiger partial charge in [0.25, 0.3) is 0 Å².